The second-order valence-electron chi connectivity index (χ2n) is 7.27. The Kier molecular flexibility index (Phi) is 5.32. The summed E-state index contributed by atoms with van der Waals surface area (Å²) in [5.74, 6) is 1.06. The number of benzene rings is 2. The Labute approximate surface area is 155 Å². The maximum Gasteiger partial charge on any atom is 0.121 e. The maximum atomic E-state index is 5.74. The average molecular weight is 348 g/mol. The van der Waals surface area contributed by atoms with Crippen molar-refractivity contribution in [2.45, 2.75) is 44.7 Å². The lowest BCUT2D eigenvalue weighted by atomic mass is 9.86. The predicted octanol–water partition coefficient (Wildman–Crippen LogP) is 4.18. The number of nitrogens with zero attached hydrogens (tertiary/aromatic N) is 2. The molecule has 1 aliphatic carbocycles. The molecule has 0 amide bonds. The number of aryl methyl sites for hydroxylation is 1. The van der Waals surface area contributed by atoms with Crippen LogP contribution in [0.5, 0.6) is 0 Å². The van der Waals surface area contributed by atoms with Crippen molar-refractivity contribution >= 4 is 11.0 Å². The first-order valence-corrected chi connectivity index (χ1v) is 9.80. The minimum absolute atomic E-state index is 0.478. The molecule has 0 saturated carbocycles. The third kappa shape index (κ3) is 3.67. The number of H-pyrrole nitrogens is 1. The fourth-order valence-electron chi connectivity index (χ4n) is 4.18. The highest BCUT2D eigenvalue weighted by Gasteiger charge is 2.26. The molecule has 4 rings (SSSR count). The Bertz CT molecular complexity index is 821. The van der Waals surface area contributed by atoms with E-state index in [1.165, 1.54) is 30.4 Å². The van der Waals surface area contributed by atoms with Gasteiger partial charge in [-0.05, 0) is 68.5 Å². The lowest BCUT2D eigenvalue weighted by Crippen LogP contribution is -2.32. The number of hydrogen-bond acceptors (Lipinski definition) is 3. The highest BCUT2D eigenvalue weighted by Crippen LogP contribution is 2.35. The summed E-state index contributed by atoms with van der Waals surface area (Å²) >= 11 is 0. The summed E-state index contributed by atoms with van der Waals surface area (Å²) in [5.41, 5.74) is 10.9. The van der Waals surface area contributed by atoms with Crippen LogP contribution in [-0.4, -0.2) is 28.0 Å². The topological polar surface area (TPSA) is 57.9 Å². The Balaban J connectivity index is 1.60. The molecule has 0 saturated heterocycles. The molecule has 0 fully saturated rings. The van der Waals surface area contributed by atoms with Crippen LogP contribution in [0.15, 0.2) is 48.5 Å². The van der Waals surface area contributed by atoms with Crippen molar-refractivity contribution in [2.75, 3.05) is 13.1 Å². The number of fused-ring (bicyclic) bond motifs is 2. The Morgan fingerprint density at radius 1 is 1.08 bits per heavy atom. The largest absolute Gasteiger partial charge is 0.341 e. The van der Waals surface area contributed by atoms with E-state index in [9.17, 15) is 0 Å². The average Bonchev–Trinajstić information content (AvgIpc) is 3.09. The van der Waals surface area contributed by atoms with Gasteiger partial charge in [0.2, 0.25) is 0 Å². The fraction of sp³-hybridized carbons (Fsp3) is 0.409. The zero-order valence-corrected chi connectivity index (χ0v) is 15.3. The van der Waals surface area contributed by atoms with Gasteiger partial charge in [-0.1, -0.05) is 36.4 Å². The van der Waals surface area contributed by atoms with Crippen LogP contribution >= 0.6 is 0 Å². The number of para-hydroxylation sites is 2. The van der Waals surface area contributed by atoms with E-state index in [-0.39, 0.29) is 0 Å². The summed E-state index contributed by atoms with van der Waals surface area (Å²) in [6, 6.07) is 17.7. The van der Waals surface area contributed by atoms with Crippen molar-refractivity contribution in [3.05, 3.63) is 65.5 Å². The van der Waals surface area contributed by atoms with Gasteiger partial charge in [0.25, 0.3) is 0 Å². The van der Waals surface area contributed by atoms with E-state index in [4.69, 9.17) is 10.7 Å². The van der Waals surface area contributed by atoms with Crippen LogP contribution in [0.4, 0.5) is 0 Å². The van der Waals surface area contributed by atoms with Crippen LogP contribution in [0.3, 0.4) is 0 Å². The Hall–Kier alpha value is -2.17. The molecule has 4 nitrogen and oxygen atoms in total. The van der Waals surface area contributed by atoms with E-state index in [0.717, 1.165) is 49.3 Å². The normalized spacial score (nSPS) is 16.9. The van der Waals surface area contributed by atoms with Gasteiger partial charge in [-0.15, -0.1) is 0 Å². The summed E-state index contributed by atoms with van der Waals surface area (Å²) in [6.45, 7) is 2.69. The number of aromatic nitrogens is 2. The number of rotatable bonds is 7. The smallest absolute Gasteiger partial charge is 0.121 e. The van der Waals surface area contributed by atoms with Crippen molar-refractivity contribution < 1.29 is 0 Å². The van der Waals surface area contributed by atoms with Crippen LogP contribution in [0.25, 0.3) is 11.0 Å². The molecule has 0 bridgehead atoms. The molecule has 1 aromatic heterocycles. The minimum Gasteiger partial charge on any atom is -0.341 e. The molecule has 1 aliphatic rings. The highest BCUT2D eigenvalue weighted by molar-refractivity contribution is 5.74. The van der Waals surface area contributed by atoms with Gasteiger partial charge in [-0.3, -0.25) is 4.90 Å². The quantitative estimate of drug-likeness (QED) is 0.630. The van der Waals surface area contributed by atoms with Gasteiger partial charge in [0.15, 0.2) is 0 Å². The molecule has 136 valence electrons. The van der Waals surface area contributed by atoms with E-state index in [0.29, 0.717) is 6.04 Å². The SMILES string of the molecule is NCCCCN(Cc1nc2ccccc2[nH]1)[C@@H]1CCCc2ccccc21. The second kappa shape index (κ2) is 8.02. The van der Waals surface area contributed by atoms with Crippen LogP contribution in [0, 0.1) is 0 Å². The van der Waals surface area contributed by atoms with Gasteiger partial charge in [-0.2, -0.15) is 0 Å². The lowest BCUT2D eigenvalue weighted by molar-refractivity contribution is 0.163. The molecule has 4 heteroatoms. The van der Waals surface area contributed by atoms with Crippen LogP contribution < -0.4 is 5.73 Å². The maximum absolute atomic E-state index is 5.74. The number of nitrogens with one attached hydrogen (secondary N) is 1. The summed E-state index contributed by atoms with van der Waals surface area (Å²) in [7, 11) is 0. The second-order valence-corrected chi connectivity index (χ2v) is 7.27. The number of nitrogens with two attached hydrogens (primary N) is 1. The van der Waals surface area contributed by atoms with Gasteiger partial charge in [0.05, 0.1) is 17.6 Å². The molecule has 3 N–H and O–H groups in total. The standard InChI is InChI=1S/C22H28N4/c23-14-5-6-15-26(16-22-24-19-11-3-4-12-20(19)25-22)21-13-7-9-17-8-1-2-10-18(17)21/h1-4,8,10-12,21H,5-7,9,13-16,23H2,(H,24,25)/t21-/m1/s1. The molecule has 1 atom stereocenters. The number of hydrogen-bond donors (Lipinski definition) is 2. The summed E-state index contributed by atoms with van der Waals surface area (Å²) < 4.78 is 0. The van der Waals surface area contributed by atoms with Gasteiger partial charge < -0.3 is 10.7 Å². The van der Waals surface area contributed by atoms with Gasteiger partial charge in [-0.25, -0.2) is 4.98 Å². The molecule has 2 aromatic carbocycles. The van der Waals surface area contributed by atoms with Crippen molar-refractivity contribution in [2.24, 2.45) is 5.73 Å². The lowest BCUT2D eigenvalue weighted by Gasteiger charge is -2.35. The molecule has 0 spiro atoms. The first kappa shape index (κ1) is 17.3. The zero-order chi connectivity index (χ0) is 17.8. The number of imidazole rings is 1. The fourth-order valence-corrected chi connectivity index (χ4v) is 4.18. The predicted molar refractivity (Wildman–Crippen MR) is 107 cm³/mol. The minimum atomic E-state index is 0.478. The van der Waals surface area contributed by atoms with E-state index in [2.05, 4.69) is 52.3 Å². The Morgan fingerprint density at radius 3 is 2.81 bits per heavy atom. The molecule has 0 unspecified atom stereocenters. The van der Waals surface area contributed by atoms with Gasteiger partial charge >= 0.3 is 0 Å². The van der Waals surface area contributed by atoms with Gasteiger partial charge in [0.1, 0.15) is 5.82 Å². The van der Waals surface area contributed by atoms with Crippen molar-refractivity contribution in [3.63, 3.8) is 0 Å². The van der Waals surface area contributed by atoms with E-state index in [1.54, 1.807) is 0 Å². The van der Waals surface area contributed by atoms with Crippen LogP contribution in [0.2, 0.25) is 0 Å². The molecule has 26 heavy (non-hydrogen) atoms. The monoisotopic (exact) mass is 348 g/mol. The third-order valence-electron chi connectivity index (χ3n) is 5.47. The van der Waals surface area contributed by atoms with E-state index >= 15 is 0 Å². The number of aromatic amines is 1. The highest BCUT2D eigenvalue weighted by atomic mass is 15.2. The first-order valence-electron chi connectivity index (χ1n) is 9.80. The van der Waals surface area contributed by atoms with Crippen molar-refractivity contribution in [1.82, 2.24) is 14.9 Å². The van der Waals surface area contributed by atoms with E-state index in [1.807, 2.05) is 6.07 Å². The van der Waals surface area contributed by atoms with Crippen molar-refractivity contribution in [1.29, 1.82) is 0 Å². The molecule has 0 radical (unpaired) electrons. The number of unbranched alkanes of at least 4 members (excludes halogenated alkanes) is 1. The molecule has 0 aliphatic heterocycles. The molecular formula is C22H28N4. The van der Waals surface area contributed by atoms with E-state index < -0.39 is 0 Å². The summed E-state index contributed by atoms with van der Waals surface area (Å²) in [5, 5.41) is 0. The van der Waals surface area contributed by atoms with Crippen LogP contribution in [0.1, 0.15) is 48.7 Å². The zero-order valence-electron chi connectivity index (χ0n) is 15.3. The summed E-state index contributed by atoms with van der Waals surface area (Å²) in [6.07, 6.45) is 5.89. The molecule has 3 aromatic rings. The summed E-state index contributed by atoms with van der Waals surface area (Å²) in [4.78, 5) is 10.9. The molecule has 1 heterocycles. The third-order valence-corrected chi connectivity index (χ3v) is 5.47. The van der Waals surface area contributed by atoms with Crippen molar-refractivity contribution in [3.8, 4) is 0 Å². The first-order chi connectivity index (χ1) is 12.8. The molecular weight excluding hydrogens is 320 g/mol. The van der Waals surface area contributed by atoms with Crippen LogP contribution in [-0.2, 0) is 13.0 Å². The Morgan fingerprint density at radius 2 is 1.92 bits per heavy atom. The van der Waals surface area contributed by atoms with Gasteiger partial charge in [0, 0.05) is 6.04 Å².